The quantitative estimate of drug-likeness (QED) is 0.362. The van der Waals surface area contributed by atoms with Crippen LogP contribution in [0.15, 0.2) is 42.7 Å². The SMILES string of the molecule is CC(=O)OC[C@@H]1O[C@H](OCc2cnn(-c3ccccc3)c2)[C@@H](OC(C)=O)[C@H](OC(C)=O)[C@H]1OC(C)=O. The Kier molecular flexibility index (Phi) is 9.14. The van der Waals surface area contributed by atoms with Crippen molar-refractivity contribution in [3.63, 3.8) is 0 Å². The lowest BCUT2D eigenvalue weighted by molar-refractivity contribution is -0.310. The molecule has 0 saturated carbocycles. The lowest BCUT2D eigenvalue weighted by Crippen LogP contribution is -2.62. The summed E-state index contributed by atoms with van der Waals surface area (Å²) in [5.41, 5.74) is 1.52. The van der Waals surface area contributed by atoms with Crippen LogP contribution in [0.2, 0.25) is 0 Å². The number of esters is 4. The molecule has 0 unspecified atom stereocenters. The van der Waals surface area contributed by atoms with Crippen LogP contribution < -0.4 is 0 Å². The van der Waals surface area contributed by atoms with Gasteiger partial charge in [0.15, 0.2) is 24.6 Å². The molecular weight excluding hydrogens is 476 g/mol. The first-order chi connectivity index (χ1) is 17.1. The molecule has 0 amide bonds. The van der Waals surface area contributed by atoms with Gasteiger partial charge in [0.05, 0.1) is 18.5 Å². The third-order valence-corrected chi connectivity index (χ3v) is 5.02. The highest BCUT2D eigenvalue weighted by molar-refractivity contribution is 5.68. The Bertz CT molecular complexity index is 1070. The fraction of sp³-hybridized carbons (Fsp3) is 0.458. The standard InChI is InChI=1S/C24H28N2O10/c1-14(27)31-13-20-21(33-15(2)28)22(34-16(3)29)23(35-17(4)30)24(36-20)32-12-18-10-25-26(11-18)19-8-6-5-7-9-19/h5-11,20-24H,12-13H2,1-4H3/t20-,21-,22+,23-,24-/m0/s1. The van der Waals surface area contributed by atoms with E-state index in [0.29, 0.717) is 5.56 Å². The van der Waals surface area contributed by atoms with Gasteiger partial charge in [0.2, 0.25) is 0 Å². The number of carbonyl (C=O) groups is 4. The fourth-order valence-corrected chi connectivity index (χ4v) is 3.66. The fourth-order valence-electron chi connectivity index (χ4n) is 3.66. The van der Waals surface area contributed by atoms with Gasteiger partial charge in [0.25, 0.3) is 0 Å². The molecule has 0 radical (unpaired) electrons. The van der Waals surface area contributed by atoms with Gasteiger partial charge in [0.1, 0.15) is 12.7 Å². The predicted molar refractivity (Wildman–Crippen MR) is 120 cm³/mol. The minimum absolute atomic E-state index is 0.0133. The van der Waals surface area contributed by atoms with Crippen molar-refractivity contribution >= 4 is 23.9 Å². The average Bonchev–Trinajstić information content (AvgIpc) is 3.28. The topological polar surface area (TPSA) is 141 Å². The zero-order valence-electron chi connectivity index (χ0n) is 20.3. The molecule has 2 heterocycles. The third-order valence-electron chi connectivity index (χ3n) is 5.02. The van der Waals surface area contributed by atoms with E-state index >= 15 is 0 Å². The summed E-state index contributed by atoms with van der Waals surface area (Å²) in [6, 6.07) is 9.42. The highest BCUT2D eigenvalue weighted by Gasteiger charge is 2.52. The lowest BCUT2D eigenvalue weighted by atomic mass is 9.98. The zero-order chi connectivity index (χ0) is 26.2. The first-order valence-corrected chi connectivity index (χ1v) is 11.1. The Balaban J connectivity index is 1.85. The first-order valence-electron chi connectivity index (χ1n) is 11.1. The molecule has 5 atom stereocenters. The molecule has 0 spiro atoms. The van der Waals surface area contributed by atoms with Crippen molar-refractivity contribution in [3.05, 3.63) is 48.3 Å². The van der Waals surface area contributed by atoms with Gasteiger partial charge < -0.3 is 28.4 Å². The smallest absolute Gasteiger partial charge is 0.303 e. The molecule has 12 nitrogen and oxygen atoms in total. The third kappa shape index (κ3) is 7.36. The van der Waals surface area contributed by atoms with E-state index in [1.165, 1.54) is 6.92 Å². The van der Waals surface area contributed by atoms with Crippen molar-refractivity contribution < 1.29 is 47.6 Å². The average molecular weight is 504 g/mol. The summed E-state index contributed by atoms with van der Waals surface area (Å²) < 4.78 is 34.6. The van der Waals surface area contributed by atoms with Crippen molar-refractivity contribution in [3.8, 4) is 5.69 Å². The molecule has 194 valence electrons. The molecule has 0 bridgehead atoms. The minimum atomic E-state index is -1.29. The van der Waals surface area contributed by atoms with Crippen molar-refractivity contribution in [1.82, 2.24) is 9.78 Å². The normalized spacial score (nSPS) is 23.4. The van der Waals surface area contributed by atoms with Gasteiger partial charge in [-0.1, -0.05) is 18.2 Å². The molecule has 0 N–H and O–H groups in total. The summed E-state index contributed by atoms with van der Waals surface area (Å²) in [5, 5.41) is 4.31. The van der Waals surface area contributed by atoms with Gasteiger partial charge >= 0.3 is 23.9 Å². The maximum Gasteiger partial charge on any atom is 0.303 e. The summed E-state index contributed by atoms with van der Waals surface area (Å²) in [6.45, 7) is 4.33. The lowest BCUT2D eigenvalue weighted by Gasteiger charge is -2.44. The largest absolute Gasteiger partial charge is 0.463 e. The van der Waals surface area contributed by atoms with Gasteiger partial charge in [-0.15, -0.1) is 0 Å². The van der Waals surface area contributed by atoms with E-state index < -0.39 is 54.6 Å². The summed E-state index contributed by atoms with van der Waals surface area (Å²) in [4.78, 5) is 47.0. The molecule has 2 aromatic rings. The Morgan fingerprint density at radius 3 is 2.08 bits per heavy atom. The highest BCUT2D eigenvalue weighted by atomic mass is 16.7. The number of para-hydroxylation sites is 1. The second-order valence-corrected chi connectivity index (χ2v) is 8.01. The number of hydrogen-bond donors (Lipinski definition) is 0. The second kappa shape index (κ2) is 12.3. The Morgan fingerprint density at radius 2 is 1.47 bits per heavy atom. The molecule has 1 saturated heterocycles. The van der Waals surface area contributed by atoms with Crippen LogP contribution in [-0.4, -0.2) is 71.0 Å². The van der Waals surface area contributed by atoms with Crippen LogP contribution >= 0.6 is 0 Å². The molecule has 36 heavy (non-hydrogen) atoms. The number of nitrogens with zero attached hydrogens (tertiary/aromatic N) is 2. The summed E-state index contributed by atoms with van der Waals surface area (Å²) in [6.07, 6.45) is -2.80. The second-order valence-electron chi connectivity index (χ2n) is 8.01. The van der Waals surface area contributed by atoms with Gasteiger partial charge in [-0.25, -0.2) is 4.68 Å². The van der Waals surface area contributed by atoms with Gasteiger partial charge in [-0.2, -0.15) is 5.10 Å². The van der Waals surface area contributed by atoms with Gasteiger partial charge in [0, 0.05) is 39.5 Å². The number of rotatable bonds is 9. The van der Waals surface area contributed by atoms with Crippen LogP contribution in [0.5, 0.6) is 0 Å². The summed E-state index contributed by atoms with van der Waals surface area (Å²) in [7, 11) is 0. The van der Waals surface area contributed by atoms with Crippen molar-refractivity contribution in [1.29, 1.82) is 0 Å². The van der Waals surface area contributed by atoms with Crippen molar-refractivity contribution in [2.75, 3.05) is 6.61 Å². The van der Waals surface area contributed by atoms with E-state index in [1.807, 2.05) is 30.3 Å². The monoisotopic (exact) mass is 504 g/mol. The summed E-state index contributed by atoms with van der Waals surface area (Å²) in [5.74, 6) is -2.73. The van der Waals surface area contributed by atoms with E-state index in [0.717, 1.165) is 26.5 Å². The van der Waals surface area contributed by atoms with E-state index in [2.05, 4.69) is 5.10 Å². The first kappa shape index (κ1) is 26.8. The van der Waals surface area contributed by atoms with Crippen LogP contribution in [0.1, 0.15) is 33.3 Å². The van der Waals surface area contributed by atoms with E-state index in [4.69, 9.17) is 28.4 Å². The molecule has 0 aliphatic carbocycles. The van der Waals surface area contributed by atoms with Crippen LogP contribution in [-0.2, 0) is 54.2 Å². The zero-order valence-corrected chi connectivity index (χ0v) is 20.3. The summed E-state index contributed by atoms with van der Waals surface area (Å²) >= 11 is 0. The Hall–Kier alpha value is -3.77. The van der Waals surface area contributed by atoms with E-state index in [9.17, 15) is 19.2 Å². The van der Waals surface area contributed by atoms with Gasteiger partial charge in [-0.05, 0) is 12.1 Å². The van der Waals surface area contributed by atoms with E-state index in [1.54, 1.807) is 17.1 Å². The number of aromatic nitrogens is 2. The number of ether oxygens (including phenoxy) is 6. The van der Waals surface area contributed by atoms with Crippen LogP contribution in [0.25, 0.3) is 5.69 Å². The highest BCUT2D eigenvalue weighted by Crippen LogP contribution is 2.30. The minimum Gasteiger partial charge on any atom is -0.463 e. The maximum atomic E-state index is 11.9. The molecule has 1 aromatic heterocycles. The molecule has 1 aliphatic heterocycles. The van der Waals surface area contributed by atoms with Crippen LogP contribution in [0.3, 0.4) is 0 Å². The molecule has 1 aliphatic rings. The van der Waals surface area contributed by atoms with Gasteiger partial charge in [-0.3, -0.25) is 19.2 Å². The number of hydrogen-bond acceptors (Lipinski definition) is 11. The molecule has 1 aromatic carbocycles. The molecule has 3 rings (SSSR count). The molecule has 1 fully saturated rings. The molecular formula is C24H28N2O10. The van der Waals surface area contributed by atoms with Crippen LogP contribution in [0.4, 0.5) is 0 Å². The Labute approximate surface area is 207 Å². The predicted octanol–water partition coefficient (Wildman–Crippen LogP) is 1.47. The Morgan fingerprint density at radius 1 is 0.861 bits per heavy atom. The molecule has 12 heteroatoms. The number of carbonyl (C=O) groups excluding carboxylic acids is 4. The van der Waals surface area contributed by atoms with Crippen molar-refractivity contribution in [2.24, 2.45) is 0 Å². The maximum absolute atomic E-state index is 11.9. The van der Waals surface area contributed by atoms with Crippen LogP contribution in [0, 0.1) is 0 Å². The number of benzene rings is 1. The van der Waals surface area contributed by atoms with Crippen molar-refractivity contribution in [2.45, 2.75) is 65.0 Å². The van der Waals surface area contributed by atoms with E-state index in [-0.39, 0.29) is 13.2 Å².